The Bertz CT molecular complexity index is 1210. The van der Waals surface area contributed by atoms with Crippen molar-refractivity contribution in [3.05, 3.63) is 98.7 Å². The standard InChI is InChI=1S/C23H15ClIN3O3/c24-19-20(23(31)28(22(19)30)18-7-2-1-3-8-18)26-17-6-4-5-14(13-17)21(29)27-16-11-9-15(25)10-12-16/h1-13,26H,(H,27,29). The van der Waals surface area contributed by atoms with E-state index in [1.807, 2.05) is 24.3 Å². The van der Waals surface area contributed by atoms with Crippen LogP contribution in [0.5, 0.6) is 0 Å². The van der Waals surface area contributed by atoms with Crippen LogP contribution in [0.3, 0.4) is 0 Å². The average molecular weight is 544 g/mol. The lowest BCUT2D eigenvalue weighted by Crippen LogP contribution is -2.32. The van der Waals surface area contributed by atoms with E-state index in [1.54, 1.807) is 54.6 Å². The number of carbonyl (C=O) groups is 3. The van der Waals surface area contributed by atoms with Crippen LogP contribution in [0.2, 0.25) is 0 Å². The highest BCUT2D eigenvalue weighted by molar-refractivity contribution is 14.1. The zero-order chi connectivity index (χ0) is 22.0. The van der Waals surface area contributed by atoms with E-state index in [0.717, 1.165) is 8.47 Å². The molecule has 0 radical (unpaired) electrons. The molecule has 3 aromatic rings. The Morgan fingerprint density at radius 1 is 0.839 bits per heavy atom. The number of carbonyl (C=O) groups excluding carboxylic acids is 3. The summed E-state index contributed by atoms with van der Waals surface area (Å²) >= 11 is 8.35. The van der Waals surface area contributed by atoms with Crippen LogP contribution < -0.4 is 15.5 Å². The maximum atomic E-state index is 12.8. The van der Waals surface area contributed by atoms with Crippen molar-refractivity contribution in [2.24, 2.45) is 0 Å². The first kappa shape index (κ1) is 21.1. The van der Waals surface area contributed by atoms with E-state index in [-0.39, 0.29) is 16.6 Å². The fourth-order valence-electron chi connectivity index (χ4n) is 3.04. The molecule has 1 aliphatic heterocycles. The molecule has 0 spiro atoms. The zero-order valence-corrected chi connectivity index (χ0v) is 18.8. The maximum Gasteiger partial charge on any atom is 0.283 e. The Hall–Kier alpha value is -3.17. The van der Waals surface area contributed by atoms with Crippen molar-refractivity contribution in [3.8, 4) is 0 Å². The highest BCUT2D eigenvalue weighted by Gasteiger charge is 2.38. The highest BCUT2D eigenvalue weighted by Crippen LogP contribution is 2.30. The van der Waals surface area contributed by atoms with Crippen LogP contribution in [0.4, 0.5) is 17.1 Å². The predicted molar refractivity (Wildman–Crippen MR) is 129 cm³/mol. The molecular weight excluding hydrogens is 529 g/mol. The normalized spacial score (nSPS) is 13.5. The van der Waals surface area contributed by atoms with Crippen LogP contribution in [0.15, 0.2) is 89.6 Å². The predicted octanol–water partition coefficient (Wildman–Crippen LogP) is 4.98. The number of halogens is 2. The first-order valence-electron chi connectivity index (χ1n) is 9.21. The van der Waals surface area contributed by atoms with Gasteiger partial charge in [-0.25, -0.2) is 4.90 Å². The van der Waals surface area contributed by atoms with Gasteiger partial charge in [-0.15, -0.1) is 0 Å². The molecule has 1 aliphatic rings. The summed E-state index contributed by atoms with van der Waals surface area (Å²) in [5.74, 6) is -1.47. The number of amides is 3. The first-order valence-corrected chi connectivity index (χ1v) is 10.7. The van der Waals surface area contributed by atoms with Crippen molar-refractivity contribution < 1.29 is 14.4 Å². The van der Waals surface area contributed by atoms with Gasteiger partial charge < -0.3 is 10.6 Å². The number of rotatable bonds is 5. The molecule has 8 heteroatoms. The smallest absolute Gasteiger partial charge is 0.283 e. The number of para-hydroxylation sites is 1. The minimum Gasteiger partial charge on any atom is -0.350 e. The average Bonchev–Trinajstić information content (AvgIpc) is 2.99. The van der Waals surface area contributed by atoms with E-state index >= 15 is 0 Å². The molecule has 0 aromatic heterocycles. The molecular formula is C23H15ClIN3O3. The van der Waals surface area contributed by atoms with Crippen molar-refractivity contribution in [2.75, 3.05) is 15.5 Å². The maximum absolute atomic E-state index is 12.8. The Morgan fingerprint density at radius 3 is 2.26 bits per heavy atom. The minimum atomic E-state index is -0.604. The zero-order valence-electron chi connectivity index (χ0n) is 15.9. The van der Waals surface area contributed by atoms with E-state index < -0.39 is 11.8 Å². The molecule has 0 aliphatic carbocycles. The van der Waals surface area contributed by atoms with Gasteiger partial charge in [0, 0.05) is 20.5 Å². The third-order valence-corrected chi connectivity index (χ3v) is 5.61. The van der Waals surface area contributed by atoms with Crippen LogP contribution in [-0.4, -0.2) is 17.7 Å². The van der Waals surface area contributed by atoms with Gasteiger partial charge in [0.15, 0.2) is 0 Å². The molecule has 154 valence electrons. The van der Waals surface area contributed by atoms with Gasteiger partial charge in [-0.1, -0.05) is 35.9 Å². The van der Waals surface area contributed by atoms with Crippen molar-refractivity contribution in [3.63, 3.8) is 0 Å². The van der Waals surface area contributed by atoms with E-state index in [2.05, 4.69) is 33.2 Å². The second-order valence-corrected chi connectivity index (χ2v) is 8.26. The molecule has 31 heavy (non-hydrogen) atoms. The van der Waals surface area contributed by atoms with Gasteiger partial charge in [-0.2, -0.15) is 0 Å². The van der Waals surface area contributed by atoms with Gasteiger partial charge in [-0.05, 0) is 77.2 Å². The molecule has 0 saturated carbocycles. The molecule has 1 heterocycles. The number of nitrogens with zero attached hydrogens (tertiary/aromatic N) is 1. The molecule has 2 N–H and O–H groups in total. The number of anilines is 3. The second-order valence-electron chi connectivity index (χ2n) is 6.64. The van der Waals surface area contributed by atoms with Gasteiger partial charge >= 0.3 is 0 Å². The monoisotopic (exact) mass is 543 g/mol. The molecule has 0 atom stereocenters. The number of nitrogens with one attached hydrogen (secondary N) is 2. The van der Waals surface area contributed by atoms with Crippen LogP contribution in [-0.2, 0) is 9.59 Å². The summed E-state index contributed by atoms with van der Waals surface area (Å²) < 4.78 is 1.06. The molecule has 3 aromatic carbocycles. The van der Waals surface area contributed by atoms with Crippen molar-refractivity contribution in [1.29, 1.82) is 0 Å². The SMILES string of the molecule is O=C(Nc1ccc(I)cc1)c1cccc(NC2=C(Cl)C(=O)N(c3ccccc3)C2=O)c1. The van der Waals surface area contributed by atoms with Crippen LogP contribution in [0.1, 0.15) is 10.4 Å². The summed E-state index contributed by atoms with van der Waals surface area (Å²) in [6.45, 7) is 0. The number of hydrogen-bond donors (Lipinski definition) is 2. The highest BCUT2D eigenvalue weighted by atomic mass is 127. The number of hydrogen-bond acceptors (Lipinski definition) is 4. The fourth-order valence-corrected chi connectivity index (χ4v) is 3.61. The lowest BCUT2D eigenvalue weighted by molar-refractivity contribution is -0.120. The third kappa shape index (κ3) is 4.47. The summed E-state index contributed by atoms with van der Waals surface area (Å²) in [4.78, 5) is 39.0. The fraction of sp³-hybridized carbons (Fsp3) is 0. The summed E-state index contributed by atoms with van der Waals surface area (Å²) in [6.07, 6.45) is 0. The molecule has 0 unspecified atom stereocenters. The van der Waals surface area contributed by atoms with Crippen LogP contribution in [0, 0.1) is 3.57 Å². The summed E-state index contributed by atoms with van der Waals surface area (Å²) in [6, 6.07) is 22.6. The number of imide groups is 1. The van der Waals surface area contributed by atoms with E-state index in [9.17, 15) is 14.4 Å². The summed E-state index contributed by atoms with van der Waals surface area (Å²) in [5.41, 5.74) is 1.91. The minimum absolute atomic E-state index is 0.0364. The Labute approximate surface area is 197 Å². The van der Waals surface area contributed by atoms with Crippen LogP contribution in [0.25, 0.3) is 0 Å². The van der Waals surface area contributed by atoms with Crippen molar-refractivity contribution in [1.82, 2.24) is 0 Å². The largest absolute Gasteiger partial charge is 0.350 e. The molecule has 0 fully saturated rings. The van der Waals surface area contributed by atoms with E-state index in [1.165, 1.54) is 0 Å². The third-order valence-electron chi connectivity index (χ3n) is 4.54. The molecule has 6 nitrogen and oxygen atoms in total. The lowest BCUT2D eigenvalue weighted by Gasteiger charge is -2.15. The lowest BCUT2D eigenvalue weighted by atomic mass is 10.1. The molecule has 4 rings (SSSR count). The topological polar surface area (TPSA) is 78.5 Å². The molecule has 0 saturated heterocycles. The Kier molecular flexibility index (Phi) is 6.06. The van der Waals surface area contributed by atoms with E-state index in [4.69, 9.17) is 11.6 Å². The van der Waals surface area contributed by atoms with E-state index in [0.29, 0.717) is 22.6 Å². The van der Waals surface area contributed by atoms with Gasteiger partial charge in [0.2, 0.25) is 0 Å². The molecule has 3 amide bonds. The summed E-state index contributed by atoms with van der Waals surface area (Å²) in [5, 5.41) is 5.51. The van der Waals surface area contributed by atoms with Gasteiger partial charge in [0.1, 0.15) is 10.7 Å². The summed E-state index contributed by atoms with van der Waals surface area (Å²) in [7, 11) is 0. The van der Waals surface area contributed by atoms with Crippen molar-refractivity contribution in [2.45, 2.75) is 0 Å². The first-order chi connectivity index (χ1) is 14.9. The second kappa shape index (κ2) is 8.91. The quantitative estimate of drug-likeness (QED) is 0.352. The van der Waals surface area contributed by atoms with Crippen molar-refractivity contribution >= 4 is 69.0 Å². The number of benzene rings is 3. The van der Waals surface area contributed by atoms with Crippen LogP contribution >= 0.6 is 34.2 Å². The Balaban J connectivity index is 1.53. The molecule has 0 bridgehead atoms. The van der Waals surface area contributed by atoms with Gasteiger partial charge in [-0.3, -0.25) is 14.4 Å². The van der Waals surface area contributed by atoms with Gasteiger partial charge in [0.05, 0.1) is 5.69 Å². The van der Waals surface area contributed by atoms with Gasteiger partial charge in [0.25, 0.3) is 17.7 Å². The Morgan fingerprint density at radius 2 is 1.55 bits per heavy atom.